The lowest BCUT2D eigenvalue weighted by molar-refractivity contribution is -0.659. The molecule has 2 heteroatoms. The van der Waals surface area contributed by atoms with Crippen LogP contribution in [0.2, 0.25) is 0 Å². The Hall–Kier alpha value is -3.39. The minimum Gasteiger partial charge on any atom is -0.455 e. The average Bonchev–Trinajstić information content (AvgIpc) is 2.85. The molecule has 1 aliphatic heterocycles. The number of benzene rings is 4. The molecule has 2 nitrogen and oxygen atoms in total. The maximum atomic E-state index is 7.19. The second-order valence-corrected chi connectivity index (χ2v) is 17.0. The van der Waals surface area contributed by atoms with Crippen molar-refractivity contribution < 1.29 is 9.30 Å². The van der Waals surface area contributed by atoms with Gasteiger partial charge >= 0.3 is 0 Å². The van der Waals surface area contributed by atoms with E-state index in [9.17, 15) is 0 Å². The molecule has 0 N–H and O–H groups in total. The zero-order valence-corrected chi connectivity index (χ0v) is 28.6. The topological polar surface area (TPSA) is 13.1 Å². The third kappa shape index (κ3) is 5.43. The maximum absolute atomic E-state index is 7.19. The van der Waals surface area contributed by atoms with E-state index in [1.807, 2.05) is 0 Å². The molecule has 4 aromatic carbocycles. The van der Waals surface area contributed by atoms with Crippen molar-refractivity contribution >= 4 is 32.3 Å². The molecule has 6 rings (SSSR count). The van der Waals surface area contributed by atoms with Crippen LogP contribution in [0.1, 0.15) is 90.1 Å². The Labute approximate surface area is 259 Å². The highest BCUT2D eigenvalue weighted by molar-refractivity contribution is 6.17. The predicted octanol–water partition coefficient (Wildman–Crippen LogP) is 11.1. The van der Waals surface area contributed by atoms with Crippen molar-refractivity contribution in [1.82, 2.24) is 0 Å². The van der Waals surface area contributed by atoms with Gasteiger partial charge in [0.05, 0.1) is 10.9 Å². The lowest BCUT2D eigenvalue weighted by atomic mass is 9.80. The summed E-state index contributed by atoms with van der Waals surface area (Å²) in [6, 6.07) is 16.6. The first kappa shape index (κ1) is 29.7. The Bertz CT molecular complexity index is 1940. The summed E-state index contributed by atoms with van der Waals surface area (Å²) in [5.41, 5.74) is 9.81. The molecule has 0 aliphatic carbocycles. The van der Waals surface area contributed by atoms with E-state index in [0.717, 1.165) is 30.8 Å². The molecule has 0 fully saturated rings. The van der Waals surface area contributed by atoms with E-state index in [1.165, 1.54) is 71.4 Å². The van der Waals surface area contributed by atoms with Gasteiger partial charge in [0, 0.05) is 17.0 Å². The van der Waals surface area contributed by atoms with Gasteiger partial charge in [-0.1, -0.05) is 98.2 Å². The van der Waals surface area contributed by atoms with E-state index in [-0.39, 0.29) is 16.2 Å². The fourth-order valence-corrected chi connectivity index (χ4v) is 7.37. The van der Waals surface area contributed by atoms with Gasteiger partial charge in [-0.2, -0.15) is 0 Å². The first-order valence-corrected chi connectivity index (χ1v) is 16.1. The molecule has 43 heavy (non-hydrogen) atoms. The van der Waals surface area contributed by atoms with E-state index in [2.05, 4.69) is 136 Å². The highest BCUT2D eigenvalue weighted by Crippen LogP contribution is 2.53. The van der Waals surface area contributed by atoms with E-state index in [4.69, 9.17) is 4.74 Å². The van der Waals surface area contributed by atoms with Crippen LogP contribution in [0.5, 0.6) is 11.5 Å². The molecular formula is C41H50NO+. The molecule has 0 radical (unpaired) electrons. The molecule has 5 aromatic rings. The number of fused-ring (bicyclic) bond motifs is 5. The summed E-state index contributed by atoms with van der Waals surface area (Å²) in [6.45, 7) is 25.5. The molecule has 0 saturated carbocycles. The second-order valence-electron chi connectivity index (χ2n) is 17.0. The van der Waals surface area contributed by atoms with Crippen LogP contribution in [0.3, 0.4) is 0 Å². The number of nitrogens with zero attached hydrogens (tertiary/aromatic N) is 1. The van der Waals surface area contributed by atoms with Gasteiger partial charge in [0.25, 0.3) is 0 Å². The summed E-state index contributed by atoms with van der Waals surface area (Å²) in [5, 5.41) is 7.83. The van der Waals surface area contributed by atoms with Gasteiger partial charge in [-0.3, -0.25) is 0 Å². The highest BCUT2D eigenvalue weighted by atomic mass is 16.5. The van der Waals surface area contributed by atoms with Crippen molar-refractivity contribution in [1.29, 1.82) is 0 Å². The van der Waals surface area contributed by atoms with Crippen LogP contribution in [0.4, 0.5) is 0 Å². The number of hydrogen-bond acceptors (Lipinski definition) is 1. The van der Waals surface area contributed by atoms with Gasteiger partial charge in [0.2, 0.25) is 5.69 Å². The van der Waals surface area contributed by atoms with Gasteiger partial charge in [-0.25, -0.2) is 4.57 Å². The van der Waals surface area contributed by atoms with E-state index < -0.39 is 0 Å². The number of hydrogen-bond donors (Lipinski definition) is 0. The predicted molar refractivity (Wildman–Crippen MR) is 185 cm³/mol. The van der Waals surface area contributed by atoms with E-state index >= 15 is 0 Å². The van der Waals surface area contributed by atoms with Crippen molar-refractivity contribution in [2.24, 2.45) is 23.3 Å². The third-order valence-corrected chi connectivity index (χ3v) is 8.85. The number of aromatic nitrogens is 1. The number of ether oxygens (including phenoxy) is 1. The molecule has 2 heterocycles. The Morgan fingerprint density at radius 1 is 0.651 bits per heavy atom. The molecule has 1 aromatic heterocycles. The monoisotopic (exact) mass is 572 g/mol. The number of pyridine rings is 1. The first-order chi connectivity index (χ1) is 19.9. The molecular weight excluding hydrogens is 522 g/mol. The minimum absolute atomic E-state index is 0.110. The van der Waals surface area contributed by atoms with Crippen molar-refractivity contribution in [3.8, 4) is 22.8 Å². The second kappa shape index (κ2) is 9.81. The minimum atomic E-state index is 0.110. The summed E-state index contributed by atoms with van der Waals surface area (Å²) < 4.78 is 9.51. The fraction of sp³-hybridized carbons (Fsp3) is 0.439. The standard InChI is InChI=1S/C41H50NO/c1-24-17-27(22-40(6,7)8)31-20-34-36-29(32(31)18-24)15-16-42(12)37(36)35-25(2)30-19-26(21-39(3,4)5)13-14-28(30)33(38(35)43-34)23-41(9,10)11/h13-20H,21-23H2,1-12H3/q+1. The Balaban J connectivity index is 1.74. The molecule has 1 aliphatic rings. The number of aryl methyl sites for hydroxylation is 3. The molecule has 0 unspecified atom stereocenters. The Morgan fingerprint density at radius 2 is 1.33 bits per heavy atom. The number of rotatable bonds is 3. The van der Waals surface area contributed by atoms with Gasteiger partial charge in [-0.15, -0.1) is 0 Å². The Kier molecular flexibility index (Phi) is 6.77. The summed E-state index contributed by atoms with van der Waals surface area (Å²) in [4.78, 5) is 0. The summed E-state index contributed by atoms with van der Waals surface area (Å²) >= 11 is 0. The van der Waals surface area contributed by atoms with Crippen LogP contribution in [0, 0.1) is 30.1 Å². The fourth-order valence-electron chi connectivity index (χ4n) is 7.37. The smallest absolute Gasteiger partial charge is 0.228 e. The Morgan fingerprint density at radius 3 is 1.98 bits per heavy atom. The van der Waals surface area contributed by atoms with Gasteiger partial charge < -0.3 is 4.74 Å². The van der Waals surface area contributed by atoms with Crippen molar-refractivity contribution in [2.45, 2.75) is 95.4 Å². The molecule has 0 amide bonds. The quantitative estimate of drug-likeness (QED) is 0.152. The highest BCUT2D eigenvalue weighted by Gasteiger charge is 2.35. The maximum Gasteiger partial charge on any atom is 0.228 e. The molecule has 0 bridgehead atoms. The largest absolute Gasteiger partial charge is 0.455 e. The normalized spacial score (nSPS) is 13.6. The zero-order chi connectivity index (χ0) is 31.2. The lowest BCUT2D eigenvalue weighted by Crippen LogP contribution is -2.32. The molecule has 224 valence electrons. The summed E-state index contributed by atoms with van der Waals surface area (Å²) in [7, 11) is 2.20. The van der Waals surface area contributed by atoms with Crippen molar-refractivity contribution in [3.63, 3.8) is 0 Å². The van der Waals surface area contributed by atoms with Crippen LogP contribution in [-0.4, -0.2) is 0 Å². The van der Waals surface area contributed by atoms with Crippen LogP contribution in [-0.2, 0) is 26.3 Å². The van der Waals surface area contributed by atoms with Crippen LogP contribution in [0.15, 0.2) is 48.7 Å². The average molecular weight is 573 g/mol. The van der Waals surface area contributed by atoms with Gasteiger partial charge in [-0.05, 0) is 93.7 Å². The molecule has 0 atom stereocenters. The van der Waals surface area contributed by atoms with Crippen molar-refractivity contribution in [3.05, 3.63) is 76.5 Å². The van der Waals surface area contributed by atoms with Crippen molar-refractivity contribution in [2.75, 3.05) is 0 Å². The summed E-state index contributed by atoms with van der Waals surface area (Å²) in [6.07, 6.45) is 5.28. The van der Waals surface area contributed by atoms with E-state index in [1.54, 1.807) is 0 Å². The van der Waals surface area contributed by atoms with Crippen LogP contribution in [0.25, 0.3) is 43.6 Å². The van der Waals surface area contributed by atoms with Gasteiger partial charge in [0.1, 0.15) is 18.5 Å². The molecule has 0 spiro atoms. The van der Waals surface area contributed by atoms with Crippen LogP contribution < -0.4 is 9.30 Å². The summed E-state index contributed by atoms with van der Waals surface area (Å²) in [5.74, 6) is 2.03. The van der Waals surface area contributed by atoms with E-state index in [0.29, 0.717) is 0 Å². The third-order valence-electron chi connectivity index (χ3n) is 8.85. The lowest BCUT2D eigenvalue weighted by Gasteiger charge is -2.29. The molecule has 0 saturated heterocycles. The zero-order valence-electron chi connectivity index (χ0n) is 28.6. The SMILES string of the molecule is Cc1cc(CC(C)(C)C)c2cc3c4c([n+](C)ccc4c2c1)-c1c(c(CC(C)(C)C)c2ccc(CC(C)(C)C)cc2c1C)O3. The van der Waals surface area contributed by atoms with Gasteiger partial charge in [0.15, 0.2) is 6.20 Å². The first-order valence-electron chi connectivity index (χ1n) is 16.1. The van der Waals surface area contributed by atoms with Crippen LogP contribution >= 0.6 is 0 Å².